The molecule has 3 nitrogen and oxygen atoms in total. The van der Waals surface area contributed by atoms with Gasteiger partial charge in [0, 0.05) is 4.90 Å². The van der Waals surface area contributed by atoms with Gasteiger partial charge >= 0.3 is 0 Å². The quantitative estimate of drug-likeness (QED) is 0.630. The molecule has 2 aromatic rings. The predicted octanol–water partition coefficient (Wildman–Crippen LogP) is 4.61. The SMILES string of the molecule is Cc1ccc(NC(=O)CSc2ccc(N)c(Cl)c2)c(Cl)c1. The summed E-state index contributed by atoms with van der Waals surface area (Å²) in [6.45, 7) is 1.94. The van der Waals surface area contributed by atoms with Crippen LogP contribution in [0.1, 0.15) is 5.56 Å². The molecule has 1 amide bonds. The summed E-state index contributed by atoms with van der Waals surface area (Å²) >= 11 is 13.4. The molecule has 0 aliphatic rings. The molecule has 0 aliphatic carbocycles. The summed E-state index contributed by atoms with van der Waals surface area (Å²) < 4.78 is 0. The van der Waals surface area contributed by atoms with Gasteiger partial charge in [0.1, 0.15) is 0 Å². The van der Waals surface area contributed by atoms with Crippen molar-refractivity contribution in [3.05, 3.63) is 52.0 Å². The summed E-state index contributed by atoms with van der Waals surface area (Å²) in [6.07, 6.45) is 0. The standard InChI is InChI=1S/C15H14Cl2N2OS/c1-9-2-5-14(12(17)6-9)19-15(20)8-21-10-3-4-13(18)11(16)7-10/h2-7H,8,18H2,1H3,(H,19,20). The highest BCUT2D eigenvalue weighted by atomic mass is 35.5. The number of benzene rings is 2. The van der Waals surface area contributed by atoms with Crippen LogP contribution in [0.5, 0.6) is 0 Å². The molecule has 0 atom stereocenters. The van der Waals surface area contributed by atoms with Crippen LogP contribution in [0.15, 0.2) is 41.3 Å². The topological polar surface area (TPSA) is 55.1 Å². The molecule has 0 saturated heterocycles. The van der Waals surface area contributed by atoms with E-state index in [1.165, 1.54) is 11.8 Å². The van der Waals surface area contributed by atoms with Gasteiger partial charge in [-0.3, -0.25) is 4.79 Å². The number of hydrogen-bond donors (Lipinski definition) is 2. The number of carbonyl (C=O) groups is 1. The van der Waals surface area contributed by atoms with E-state index in [0.29, 0.717) is 21.4 Å². The Balaban J connectivity index is 1.94. The lowest BCUT2D eigenvalue weighted by Gasteiger charge is -2.08. The maximum Gasteiger partial charge on any atom is 0.234 e. The average molecular weight is 341 g/mol. The van der Waals surface area contributed by atoms with Gasteiger partial charge in [-0.1, -0.05) is 29.3 Å². The van der Waals surface area contributed by atoms with Crippen LogP contribution in [-0.4, -0.2) is 11.7 Å². The zero-order valence-corrected chi connectivity index (χ0v) is 13.6. The number of nitrogens with one attached hydrogen (secondary N) is 1. The van der Waals surface area contributed by atoms with Crippen LogP contribution in [0, 0.1) is 6.92 Å². The third-order valence-electron chi connectivity index (χ3n) is 2.74. The second-order valence-electron chi connectivity index (χ2n) is 4.50. The van der Waals surface area contributed by atoms with Crippen LogP contribution < -0.4 is 11.1 Å². The first kappa shape index (κ1) is 16.0. The number of hydrogen-bond acceptors (Lipinski definition) is 3. The van der Waals surface area contributed by atoms with Gasteiger partial charge in [-0.15, -0.1) is 11.8 Å². The highest BCUT2D eigenvalue weighted by Gasteiger charge is 2.07. The van der Waals surface area contributed by atoms with Crippen molar-refractivity contribution in [1.29, 1.82) is 0 Å². The van der Waals surface area contributed by atoms with E-state index in [1.807, 2.05) is 25.1 Å². The number of nitrogens with two attached hydrogens (primary N) is 1. The molecule has 0 heterocycles. The number of anilines is 2. The minimum atomic E-state index is -0.126. The second-order valence-corrected chi connectivity index (χ2v) is 6.37. The van der Waals surface area contributed by atoms with Gasteiger partial charge in [-0.25, -0.2) is 0 Å². The van der Waals surface area contributed by atoms with Crippen molar-refractivity contribution in [3.63, 3.8) is 0 Å². The molecule has 0 fully saturated rings. The van der Waals surface area contributed by atoms with Gasteiger partial charge < -0.3 is 11.1 Å². The summed E-state index contributed by atoms with van der Waals surface area (Å²) in [4.78, 5) is 12.8. The Morgan fingerprint density at radius 1 is 1.19 bits per heavy atom. The molecule has 3 N–H and O–H groups in total. The lowest BCUT2D eigenvalue weighted by atomic mass is 10.2. The summed E-state index contributed by atoms with van der Waals surface area (Å²) in [5, 5.41) is 3.80. The van der Waals surface area contributed by atoms with E-state index in [2.05, 4.69) is 5.32 Å². The number of amides is 1. The number of aryl methyl sites for hydroxylation is 1. The first-order chi connectivity index (χ1) is 9.95. The van der Waals surface area contributed by atoms with Crippen LogP contribution in [-0.2, 0) is 4.79 Å². The van der Waals surface area contributed by atoms with Crippen molar-refractivity contribution in [2.45, 2.75) is 11.8 Å². The molecule has 2 rings (SSSR count). The van der Waals surface area contributed by atoms with E-state index in [-0.39, 0.29) is 11.7 Å². The smallest absolute Gasteiger partial charge is 0.234 e. The van der Waals surface area contributed by atoms with E-state index >= 15 is 0 Å². The fourth-order valence-electron chi connectivity index (χ4n) is 1.65. The van der Waals surface area contributed by atoms with Crippen LogP contribution in [0.2, 0.25) is 10.0 Å². The normalized spacial score (nSPS) is 10.4. The molecule has 6 heteroatoms. The Kier molecular flexibility index (Phi) is 5.39. The Labute approximate surface area is 137 Å². The minimum Gasteiger partial charge on any atom is -0.398 e. The van der Waals surface area contributed by atoms with Gasteiger partial charge in [0.2, 0.25) is 5.91 Å². The number of thioether (sulfide) groups is 1. The maximum absolute atomic E-state index is 11.9. The molecular formula is C15H14Cl2N2OS. The van der Waals surface area contributed by atoms with Crippen LogP contribution in [0.25, 0.3) is 0 Å². The van der Waals surface area contributed by atoms with Crippen molar-refractivity contribution in [2.75, 3.05) is 16.8 Å². The second kappa shape index (κ2) is 7.07. The highest BCUT2D eigenvalue weighted by molar-refractivity contribution is 8.00. The fourth-order valence-corrected chi connectivity index (χ4v) is 2.92. The van der Waals surface area contributed by atoms with Gasteiger partial charge in [0.25, 0.3) is 0 Å². The Morgan fingerprint density at radius 3 is 2.62 bits per heavy atom. The molecule has 0 aromatic heterocycles. The van der Waals surface area contributed by atoms with Gasteiger partial charge in [0.05, 0.1) is 27.2 Å². The van der Waals surface area contributed by atoms with Crippen LogP contribution in [0.4, 0.5) is 11.4 Å². The van der Waals surface area contributed by atoms with Crippen LogP contribution in [0.3, 0.4) is 0 Å². The summed E-state index contributed by atoms with van der Waals surface area (Å²) in [6, 6.07) is 10.8. The van der Waals surface area contributed by atoms with E-state index < -0.39 is 0 Å². The fraction of sp³-hybridized carbons (Fsp3) is 0.133. The van der Waals surface area contributed by atoms with E-state index in [4.69, 9.17) is 28.9 Å². The molecule has 0 spiro atoms. The predicted molar refractivity (Wildman–Crippen MR) is 91.4 cm³/mol. The largest absolute Gasteiger partial charge is 0.398 e. The van der Waals surface area contributed by atoms with Gasteiger partial charge in [0.15, 0.2) is 0 Å². The molecule has 110 valence electrons. The Morgan fingerprint density at radius 2 is 1.95 bits per heavy atom. The van der Waals surface area contributed by atoms with Gasteiger partial charge in [-0.05, 0) is 42.8 Å². The third kappa shape index (κ3) is 4.56. The zero-order valence-electron chi connectivity index (χ0n) is 11.3. The summed E-state index contributed by atoms with van der Waals surface area (Å²) in [5.74, 6) is 0.142. The number of carbonyl (C=O) groups excluding carboxylic acids is 1. The van der Waals surface area contributed by atoms with Crippen molar-refractivity contribution in [2.24, 2.45) is 0 Å². The Bertz CT molecular complexity index is 677. The minimum absolute atomic E-state index is 0.126. The van der Waals surface area contributed by atoms with Crippen molar-refractivity contribution in [1.82, 2.24) is 0 Å². The van der Waals surface area contributed by atoms with E-state index in [1.54, 1.807) is 18.2 Å². The molecule has 0 saturated carbocycles. The zero-order chi connectivity index (χ0) is 15.4. The third-order valence-corrected chi connectivity index (χ3v) is 4.37. The Hall–Kier alpha value is -1.36. The molecule has 21 heavy (non-hydrogen) atoms. The average Bonchev–Trinajstić information content (AvgIpc) is 2.43. The molecule has 2 aromatic carbocycles. The number of rotatable bonds is 4. The molecule has 0 bridgehead atoms. The summed E-state index contributed by atoms with van der Waals surface area (Å²) in [5.41, 5.74) is 7.82. The van der Waals surface area contributed by atoms with Crippen molar-refractivity contribution >= 4 is 52.2 Å². The lowest BCUT2D eigenvalue weighted by Crippen LogP contribution is -2.14. The molecule has 0 radical (unpaired) electrons. The molecule has 0 aliphatic heterocycles. The number of nitrogen functional groups attached to an aromatic ring is 1. The first-order valence-electron chi connectivity index (χ1n) is 6.19. The molecular weight excluding hydrogens is 327 g/mol. The van der Waals surface area contributed by atoms with Crippen molar-refractivity contribution in [3.8, 4) is 0 Å². The van der Waals surface area contributed by atoms with E-state index in [9.17, 15) is 4.79 Å². The van der Waals surface area contributed by atoms with Crippen molar-refractivity contribution < 1.29 is 4.79 Å². The number of halogens is 2. The van der Waals surface area contributed by atoms with Crippen LogP contribution >= 0.6 is 35.0 Å². The summed E-state index contributed by atoms with van der Waals surface area (Å²) in [7, 11) is 0. The highest BCUT2D eigenvalue weighted by Crippen LogP contribution is 2.27. The monoisotopic (exact) mass is 340 g/mol. The lowest BCUT2D eigenvalue weighted by molar-refractivity contribution is -0.113. The molecule has 0 unspecified atom stereocenters. The van der Waals surface area contributed by atoms with E-state index in [0.717, 1.165) is 10.5 Å². The van der Waals surface area contributed by atoms with Gasteiger partial charge in [-0.2, -0.15) is 0 Å². The first-order valence-corrected chi connectivity index (χ1v) is 7.93. The maximum atomic E-state index is 11.9.